The lowest BCUT2D eigenvalue weighted by Crippen LogP contribution is -2.10. The molecule has 0 aromatic carbocycles. The lowest BCUT2D eigenvalue weighted by Gasteiger charge is -2.16. The molecule has 2 unspecified atom stereocenters. The van der Waals surface area contributed by atoms with Crippen molar-refractivity contribution in [1.82, 2.24) is 0 Å². The molecule has 86 valence electrons. The molecule has 1 aromatic heterocycles. The quantitative estimate of drug-likeness (QED) is 0.816. The fraction of sp³-hybridized carbons (Fsp3) is 0.636. The van der Waals surface area contributed by atoms with E-state index in [1.807, 2.05) is 18.4 Å². The third-order valence-electron chi connectivity index (χ3n) is 2.44. The molecule has 1 rings (SSSR count). The molecular weight excluding hydrogens is 212 g/mol. The Hall–Kier alpha value is -0.580. The van der Waals surface area contributed by atoms with E-state index in [2.05, 4.69) is 0 Å². The van der Waals surface area contributed by atoms with Crippen LogP contribution in [0, 0.1) is 5.92 Å². The Kier molecular flexibility index (Phi) is 5.08. The maximum Gasteiger partial charge on any atom is 0.129 e. The highest BCUT2D eigenvalue weighted by atomic mass is 32.1. The summed E-state index contributed by atoms with van der Waals surface area (Å²) in [5, 5.41) is 11.9. The van der Waals surface area contributed by atoms with Gasteiger partial charge in [0.15, 0.2) is 0 Å². The maximum absolute atomic E-state index is 10.0. The second-order valence-electron chi connectivity index (χ2n) is 3.59. The number of aliphatic hydroxyl groups is 1. The smallest absolute Gasteiger partial charge is 0.129 e. The lowest BCUT2D eigenvalue weighted by atomic mass is 10.0. The van der Waals surface area contributed by atoms with E-state index < -0.39 is 6.10 Å². The first-order valence-corrected chi connectivity index (χ1v) is 5.86. The number of rotatable bonds is 6. The fourth-order valence-electron chi connectivity index (χ4n) is 1.34. The molecule has 4 heteroatoms. The Balaban J connectivity index is 2.54. The summed E-state index contributed by atoms with van der Waals surface area (Å²) in [5.74, 6) is 1.02. The predicted octanol–water partition coefficient (Wildman–Crippen LogP) is 2.46. The number of ether oxygens (including phenoxy) is 2. The van der Waals surface area contributed by atoms with Gasteiger partial charge in [-0.2, -0.15) is 0 Å². The summed E-state index contributed by atoms with van der Waals surface area (Å²) < 4.78 is 10.1. The Morgan fingerprint density at radius 2 is 2.20 bits per heavy atom. The van der Waals surface area contributed by atoms with Crippen LogP contribution in [0.25, 0.3) is 0 Å². The third kappa shape index (κ3) is 3.48. The predicted molar refractivity (Wildman–Crippen MR) is 61.5 cm³/mol. The Labute approximate surface area is 94.6 Å². The molecule has 15 heavy (non-hydrogen) atoms. The van der Waals surface area contributed by atoms with Gasteiger partial charge < -0.3 is 14.6 Å². The van der Waals surface area contributed by atoms with Crippen molar-refractivity contribution in [3.05, 3.63) is 16.3 Å². The minimum absolute atomic E-state index is 0.202. The van der Waals surface area contributed by atoms with Gasteiger partial charge in [-0.15, -0.1) is 11.3 Å². The van der Waals surface area contributed by atoms with Crippen LogP contribution >= 0.6 is 11.3 Å². The number of methoxy groups -OCH3 is 2. The van der Waals surface area contributed by atoms with Crippen LogP contribution in [0.3, 0.4) is 0 Å². The first-order chi connectivity index (χ1) is 7.19. The van der Waals surface area contributed by atoms with Gasteiger partial charge in [0.25, 0.3) is 0 Å². The molecule has 0 aliphatic rings. The molecule has 1 heterocycles. The molecule has 1 N–H and O–H groups in total. The molecule has 0 saturated carbocycles. The van der Waals surface area contributed by atoms with Crippen molar-refractivity contribution >= 4 is 11.3 Å². The van der Waals surface area contributed by atoms with E-state index in [1.54, 1.807) is 14.2 Å². The number of aliphatic hydroxyl groups excluding tert-OH is 1. The van der Waals surface area contributed by atoms with Crippen LogP contribution in [-0.4, -0.2) is 25.9 Å². The molecule has 0 aliphatic carbocycles. The molecule has 0 spiro atoms. The molecule has 0 radical (unpaired) electrons. The number of thiophene rings is 1. The van der Waals surface area contributed by atoms with Crippen LogP contribution < -0.4 is 4.74 Å². The van der Waals surface area contributed by atoms with Gasteiger partial charge in [0, 0.05) is 24.0 Å². The van der Waals surface area contributed by atoms with Crippen LogP contribution in [0.2, 0.25) is 0 Å². The van der Waals surface area contributed by atoms with E-state index in [-0.39, 0.29) is 5.92 Å². The van der Waals surface area contributed by atoms with Crippen molar-refractivity contribution in [1.29, 1.82) is 0 Å². The normalized spacial score (nSPS) is 14.9. The zero-order valence-corrected chi connectivity index (χ0v) is 10.2. The summed E-state index contributed by atoms with van der Waals surface area (Å²) >= 11 is 1.53. The largest absolute Gasteiger partial charge is 0.496 e. The Morgan fingerprint density at radius 3 is 2.73 bits per heavy atom. The molecule has 3 nitrogen and oxygen atoms in total. The molecule has 2 atom stereocenters. The van der Waals surface area contributed by atoms with Crippen LogP contribution in [0.1, 0.15) is 24.3 Å². The summed E-state index contributed by atoms with van der Waals surface area (Å²) in [5.41, 5.74) is 0. The van der Waals surface area contributed by atoms with E-state index in [0.29, 0.717) is 6.61 Å². The summed E-state index contributed by atoms with van der Waals surface area (Å²) in [6.07, 6.45) is 0.437. The zero-order valence-electron chi connectivity index (χ0n) is 9.40. The van der Waals surface area contributed by atoms with Gasteiger partial charge in [-0.05, 0) is 18.4 Å². The number of hydrogen-bond acceptors (Lipinski definition) is 4. The van der Waals surface area contributed by atoms with Gasteiger partial charge in [-0.3, -0.25) is 0 Å². The van der Waals surface area contributed by atoms with E-state index >= 15 is 0 Å². The van der Waals surface area contributed by atoms with Gasteiger partial charge in [0.1, 0.15) is 5.75 Å². The fourth-order valence-corrected chi connectivity index (χ4v) is 2.31. The van der Waals surface area contributed by atoms with Crippen molar-refractivity contribution in [2.75, 3.05) is 20.8 Å². The first kappa shape index (κ1) is 12.5. The highest BCUT2D eigenvalue weighted by Gasteiger charge is 2.18. The maximum atomic E-state index is 10.0. The third-order valence-corrected chi connectivity index (χ3v) is 3.42. The number of hydrogen-bond donors (Lipinski definition) is 1. The van der Waals surface area contributed by atoms with Crippen LogP contribution in [0.5, 0.6) is 5.75 Å². The highest BCUT2D eigenvalue weighted by Crippen LogP contribution is 2.32. The van der Waals surface area contributed by atoms with E-state index in [4.69, 9.17) is 9.47 Å². The van der Waals surface area contributed by atoms with Crippen molar-refractivity contribution in [3.63, 3.8) is 0 Å². The Bertz CT molecular complexity index is 285. The molecular formula is C11H18O3S. The molecule has 1 aromatic rings. The van der Waals surface area contributed by atoms with Gasteiger partial charge >= 0.3 is 0 Å². The minimum Gasteiger partial charge on any atom is -0.496 e. The van der Waals surface area contributed by atoms with Crippen molar-refractivity contribution in [2.24, 2.45) is 5.92 Å². The summed E-state index contributed by atoms with van der Waals surface area (Å²) in [4.78, 5) is 0.954. The van der Waals surface area contributed by atoms with E-state index in [0.717, 1.165) is 17.0 Å². The highest BCUT2D eigenvalue weighted by molar-refractivity contribution is 7.10. The summed E-state index contributed by atoms with van der Waals surface area (Å²) in [6, 6.07) is 1.89. The SMILES string of the molecule is COCCC(C)C(O)c1cc(OC)cs1. The Morgan fingerprint density at radius 1 is 1.47 bits per heavy atom. The minimum atomic E-state index is -0.422. The summed E-state index contributed by atoms with van der Waals surface area (Å²) in [7, 11) is 3.31. The lowest BCUT2D eigenvalue weighted by molar-refractivity contribution is 0.0910. The van der Waals surface area contributed by atoms with E-state index in [9.17, 15) is 5.11 Å². The molecule has 0 amide bonds. The first-order valence-electron chi connectivity index (χ1n) is 4.98. The van der Waals surface area contributed by atoms with Gasteiger partial charge in [0.05, 0.1) is 13.2 Å². The molecule has 0 fully saturated rings. The monoisotopic (exact) mass is 230 g/mol. The second-order valence-corrected chi connectivity index (χ2v) is 4.54. The molecule has 0 bridgehead atoms. The topological polar surface area (TPSA) is 38.7 Å². The average Bonchev–Trinajstić information content (AvgIpc) is 2.73. The van der Waals surface area contributed by atoms with E-state index in [1.165, 1.54) is 11.3 Å². The van der Waals surface area contributed by atoms with Crippen molar-refractivity contribution < 1.29 is 14.6 Å². The average molecular weight is 230 g/mol. The second kappa shape index (κ2) is 6.10. The molecule has 0 saturated heterocycles. The standard InChI is InChI=1S/C11H18O3S/c1-8(4-5-13-2)11(12)10-6-9(14-3)7-15-10/h6-8,11-12H,4-5H2,1-3H3. The van der Waals surface area contributed by atoms with Gasteiger partial charge in [-0.25, -0.2) is 0 Å². The van der Waals surface area contributed by atoms with Crippen molar-refractivity contribution in [2.45, 2.75) is 19.4 Å². The molecule has 0 aliphatic heterocycles. The van der Waals surface area contributed by atoms with Gasteiger partial charge in [0.2, 0.25) is 0 Å². The van der Waals surface area contributed by atoms with Crippen molar-refractivity contribution in [3.8, 4) is 5.75 Å². The summed E-state index contributed by atoms with van der Waals surface area (Å²) in [6.45, 7) is 2.70. The zero-order chi connectivity index (χ0) is 11.3. The van der Waals surface area contributed by atoms with Crippen LogP contribution in [0.4, 0.5) is 0 Å². The van der Waals surface area contributed by atoms with Crippen LogP contribution in [-0.2, 0) is 4.74 Å². The van der Waals surface area contributed by atoms with Gasteiger partial charge in [-0.1, -0.05) is 6.92 Å². The van der Waals surface area contributed by atoms with Crippen LogP contribution in [0.15, 0.2) is 11.4 Å².